The Bertz CT molecular complexity index is 459. The maximum atomic E-state index is 2.41. The van der Waals surface area contributed by atoms with E-state index in [1.807, 2.05) is 0 Å². The number of hydrogen-bond donors (Lipinski definition) is 0. The van der Waals surface area contributed by atoms with Crippen LogP contribution in [0.2, 0.25) is 0 Å². The zero-order valence-electron chi connectivity index (χ0n) is 12.7. The summed E-state index contributed by atoms with van der Waals surface area (Å²) in [7, 11) is 0. The van der Waals surface area contributed by atoms with E-state index in [9.17, 15) is 0 Å². The molecule has 2 rings (SSSR count). The molecule has 0 aromatic heterocycles. The number of hydrogen-bond acceptors (Lipinski definition) is 0. The van der Waals surface area contributed by atoms with Gasteiger partial charge in [-0.25, -0.2) is 0 Å². The van der Waals surface area contributed by atoms with Gasteiger partial charge in [-0.05, 0) is 0 Å². The van der Waals surface area contributed by atoms with Crippen molar-refractivity contribution in [1.82, 2.24) is 0 Å². The van der Waals surface area contributed by atoms with Gasteiger partial charge in [-0.2, -0.15) is 0 Å². The zero-order valence-corrected chi connectivity index (χ0v) is 15.8. The van der Waals surface area contributed by atoms with Crippen molar-refractivity contribution < 1.29 is 44.0 Å². The third-order valence-electron chi connectivity index (χ3n) is 3.21. The number of rotatable bonds is 6. The van der Waals surface area contributed by atoms with Crippen molar-refractivity contribution in [3.05, 3.63) is 67.5 Å². The molecule has 0 saturated heterocycles. The molecule has 0 aliphatic heterocycles. The topological polar surface area (TPSA) is 0 Å². The number of halogens is 2. The van der Waals surface area contributed by atoms with Gasteiger partial charge in [0, 0.05) is 0 Å². The smallest absolute Gasteiger partial charge is 1.00 e. The van der Waals surface area contributed by atoms with Crippen LogP contribution in [0.1, 0.15) is 39.5 Å². The van der Waals surface area contributed by atoms with Gasteiger partial charge in [-0.1, -0.05) is 0 Å². The molecule has 2 aliphatic rings. The summed E-state index contributed by atoms with van der Waals surface area (Å²) in [6.07, 6.45) is 23.2. The molecule has 3 heteroatoms. The van der Waals surface area contributed by atoms with E-state index in [-0.39, 0.29) is 44.0 Å². The van der Waals surface area contributed by atoms with Crippen LogP contribution in [0, 0.1) is 0 Å². The van der Waals surface area contributed by atoms with Crippen molar-refractivity contribution in [3.8, 4) is 0 Å². The summed E-state index contributed by atoms with van der Waals surface area (Å²) in [5.41, 5.74) is 2.83. The van der Waals surface area contributed by atoms with Crippen LogP contribution < -0.4 is 24.8 Å². The largest absolute Gasteiger partial charge is 1.00 e. The van der Waals surface area contributed by atoms with Gasteiger partial charge in [-0.15, -0.1) is 0 Å². The summed E-state index contributed by atoms with van der Waals surface area (Å²) in [5.74, 6) is 0. The van der Waals surface area contributed by atoms with Crippen molar-refractivity contribution >= 4 is 0 Å². The molecule has 0 bridgehead atoms. The van der Waals surface area contributed by atoms with Gasteiger partial charge in [0.2, 0.25) is 0 Å². The van der Waals surface area contributed by atoms with Gasteiger partial charge < -0.3 is 24.8 Å². The standard InChI is InChI=1S/2C9H11.2ClH.Ti/c2*1-2-3-6-9-7-4-5-8-9;;;/h2*3,6-8H,2,4H2,1H3;2*1H;/q;;;;+2/p-2/b2*6-3+;;;. The van der Waals surface area contributed by atoms with Gasteiger partial charge >= 0.3 is 126 Å². The second-order valence-corrected chi connectivity index (χ2v) is 7.30. The van der Waals surface area contributed by atoms with Crippen LogP contribution in [0.4, 0.5) is 0 Å². The summed E-state index contributed by atoms with van der Waals surface area (Å²) in [6.45, 7) is 4.37. The Morgan fingerprint density at radius 2 is 1.29 bits per heavy atom. The SMILES string of the molecule is CC/C=C/C1=CC[C]([Ti+2][C]2=CC(/C=C/CC)=CC2)=C1.[Cl-].[Cl-]. The molecule has 0 aromatic rings. The number of allylic oxidation sites excluding steroid dienone is 12. The molecule has 0 amide bonds. The second-order valence-electron chi connectivity index (χ2n) is 4.90. The van der Waals surface area contributed by atoms with Crippen LogP contribution in [0.3, 0.4) is 0 Å². The van der Waals surface area contributed by atoms with Crippen LogP contribution in [0.5, 0.6) is 0 Å². The first kappa shape index (κ1) is 20.7. The van der Waals surface area contributed by atoms with Crippen LogP contribution in [0.15, 0.2) is 67.5 Å². The maximum Gasteiger partial charge on any atom is -1.00 e. The molecule has 21 heavy (non-hydrogen) atoms. The van der Waals surface area contributed by atoms with Crippen molar-refractivity contribution in [2.45, 2.75) is 39.5 Å². The monoisotopic (exact) mass is 356 g/mol. The Morgan fingerprint density at radius 3 is 1.67 bits per heavy atom. The molecule has 0 aromatic carbocycles. The second kappa shape index (κ2) is 11.3. The van der Waals surface area contributed by atoms with Crippen molar-refractivity contribution in [3.63, 3.8) is 0 Å². The van der Waals surface area contributed by atoms with E-state index in [0.717, 1.165) is 12.8 Å². The Labute approximate surface area is 150 Å². The minimum atomic E-state index is -0.0622. The van der Waals surface area contributed by atoms with Gasteiger partial charge in [0.05, 0.1) is 0 Å². The molecule has 0 unspecified atom stereocenters. The van der Waals surface area contributed by atoms with Crippen LogP contribution >= 0.6 is 0 Å². The fourth-order valence-corrected chi connectivity index (χ4v) is 4.24. The Balaban J connectivity index is 0.00000200. The molecule has 0 fully saturated rings. The molecule has 0 heterocycles. The zero-order chi connectivity index (χ0) is 13.5. The third-order valence-corrected chi connectivity index (χ3v) is 5.30. The van der Waals surface area contributed by atoms with E-state index in [0.29, 0.717) is 0 Å². The predicted octanol–water partition coefficient (Wildman–Crippen LogP) is -0.563. The van der Waals surface area contributed by atoms with E-state index < -0.39 is 0 Å². The molecule has 0 N–H and O–H groups in total. The Kier molecular flexibility index (Phi) is 11.2. The first-order valence-electron chi connectivity index (χ1n) is 7.23. The molecule has 0 atom stereocenters. The van der Waals surface area contributed by atoms with Crippen molar-refractivity contribution in [2.75, 3.05) is 0 Å². The van der Waals surface area contributed by atoms with Crippen molar-refractivity contribution in [1.29, 1.82) is 0 Å². The van der Waals surface area contributed by atoms with Gasteiger partial charge in [0.25, 0.3) is 0 Å². The van der Waals surface area contributed by atoms with Gasteiger partial charge in [-0.3, -0.25) is 0 Å². The van der Waals surface area contributed by atoms with E-state index in [1.165, 1.54) is 24.0 Å². The first-order chi connectivity index (χ1) is 9.31. The average molecular weight is 357 g/mol. The molecule has 2 aliphatic carbocycles. The maximum absolute atomic E-state index is 2.41. The molecule has 0 saturated carbocycles. The Morgan fingerprint density at radius 1 is 0.857 bits per heavy atom. The molecule has 0 radical (unpaired) electrons. The minimum absolute atomic E-state index is 0. The van der Waals surface area contributed by atoms with E-state index >= 15 is 0 Å². The average Bonchev–Trinajstić information content (AvgIpc) is 3.04. The summed E-state index contributed by atoms with van der Waals surface area (Å²) in [4.78, 5) is 0. The van der Waals surface area contributed by atoms with Gasteiger partial charge in [0.1, 0.15) is 0 Å². The van der Waals surface area contributed by atoms with Crippen LogP contribution in [0.25, 0.3) is 0 Å². The summed E-state index contributed by atoms with van der Waals surface area (Å²) in [5, 5.41) is 0. The Hall–Kier alpha value is -0.266. The molecule has 0 spiro atoms. The van der Waals surface area contributed by atoms with E-state index in [1.54, 1.807) is 7.76 Å². The molecular weight excluding hydrogens is 335 g/mol. The summed E-state index contributed by atoms with van der Waals surface area (Å²) < 4.78 is 3.35. The normalized spacial score (nSPS) is 16.9. The van der Waals surface area contributed by atoms with E-state index in [2.05, 4.69) is 62.5 Å². The fourth-order valence-electron chi connectivity index (χ4n) is 2.21. The summed E-state index contributed by atoms with van der Waals surface area (Å²) in [6, 6.07) is 0. The predicted molar refractivity (Wildman–Crippen MR) is 80.4 cm³/mol. The third kappa shape index (κ3) is 7.02. The van der Waals surface area contributed by atoms with Crippen LogP contribution in [-0.2, 0) is 19.2 Å². The van der Waals surface area contributed by atoms with Crippen molar-refractivity contribution in [2.24, 2.45) is 0 Å². The fraction of sp³-hybridized carbons (Fsp3) is 0.333. The summed E-state index contributed by atoms with van der Waals surface area (Å²) >= 11 is -0.0622. The molecular formula is C18H22Cl2Ti. The quantitative estimate of drug-likeness (QED) is 0.559. The minimum Gasteiger partial charge on any atom is -1.00 e. The molecule has 112 valence electrons. The van der Waals surface area contributed by atoms with E-state index in [4.69, 9.17) is 0 Å². The van der Waals surface area contributed by atoms with Gasteiger partial charge in [0.15, 0.2) is 0 Å². The first-order valence-corrected chi connectivity index (χ1v) is 8.79. The van der Waals surface area contributed by atoms with Crippen LogP contribution in [-0.4, -0.2) is 0 Å². The molecule has 0 nitrogen and oxygen atoms in total.